The first-order valence-electron chi connectivity index (χ1n) is 11.2. The van der Waals surface area contributed by atoms with Crippen molar-refractivity contribution in [2.75, 3.05) is 18.5 Å². The van der Waals surface area contributed by atoms with Crippen LogP contribution in [-0.2, 0) is 11.8 Å². The molecule has 0 aliphatic carbocycles. The Balaban J connectivity index is 1.46. The van der Waals surface area contributed by atoms with Gasteiger partial charge in [-0.3, -0.25) is 14.3 Å². The maximum atomic E-state index is 13.5. The SMILES string of the molecule is Cc1nn(C)c2nc(-c3ccco3)cc(C(=O)Nc3ccccc3C(=O)NCC3CCCO3)c12. The minimum absolute atomic E-state index is 0.0318. The molecule has 9 nitrogen and oxygen atoms in total. The number of benzene rings is 1. The first-order valence-corrected chi connectivity index (χ1v) is 11.2. The molecule has 0 radical (unpaired) electrons. The molecule has 1 saturated heterocycles. The highest BCUT2D eigenvalue weighted by atomic mass is 16.5. The average Bonchev–Trinajstić information content (AvgIpc) is 3.60. The number of carbonyl (C=O) groups is 2. The minimum atomic E-state index is -0.365. The van der Waals surface area contributed by atoms with Crippen LogP contribution in [0.3, 0.4) is 0 Å². The van der Waals surface area contributed by atoms with Crippen molar-refractivity contribution in [3.8, 4) is 11.5 Å². The van der Waals surface area contributed by atoms with E-state index in [9.17, 15) is 9.59 Å². The standard InChI is InChI=1S/C25H25N5O4/c1-15-22-18(13-20(21-10-6-12-34-21)27-23(22)30(2)29-15)25(32)28-19-9-4-3-8-17(19)24(31)26-14-16-7-5-11-33-16/h3-4,6,8-10,12-13,16H,5,7,11,14H2,1-2H3,(H,26,31)(H,28,32). The van der Waals surface area contributed by atoms with Crippen LogP contribution in [0.1, 0.15) is 39.3 Å². The Bertz CT molecular complexity index is 1350. The maximum Gasteiger partial charge on any atom is 0.256 e. The Morgan fingerprint density at radius 1 is 1.15 bits per heavy atom. The Hall–Kier alpha value is -3.98. The van der Waals surface area contributed by atoms with Crippen molar-refractivity contribution >= 4 is 28.5 Å². The number of nitrogens with zero attached hydrogens (tertiary/aromatic N) is 3. The number of aromatic nitrogens is 3. The van der Waals surface area contributed by atoms with Gasteiger partial charge in [-0.1, -0.05) is 12.1 Å². The molecule has 1 aromatic carbocycles. The second-order valence-electron chi connectivity index (χ2n) is 8.28. The molecule has 1 unspecified atom stereocenters. The lowest BCUT2D eigenvalue weighted by Crippen LogP contribution is -2.32. The summed E-state index contributed by atoms with van der Waals surface area (Å²) in [5, 5.41) is 10.9. The summed E-state index contributed by atoms with van der Waals surface area (Å²) in [6.45, 7) is 2.99. The maximum absolute atomic E-state index is 13.5. The normalized spacial score (nSPS) is 15.5. The number of furan rings is 1. The zero-order valence-corrected chi connectivity index (χ0v) is 19.0. The zero-order valence-electron chi connectivity index (χ0n) is 19.0. The molecule has 3 aromatic heterocycles. The summed E-state index contributed by atoms with van der Waals surface area (Å²) < 4.78 is 12.7. The Labute approximate surface area is 196 Å². The van der Waals surface area contributed by atoms with E-state index in [1.165, 1.54) is 0 Å². The van der Waals surface area contributed by atoms with E-state index < -0.39 is 0 Å². The number of para-hydroxylation sites is 1. The van der Waals surface area contributed by atoms with Crippen molar-refractivity contribution in [2.24, 2.45) is 7.05 Å². The number of pyridine rings is 1. The van der Waals surface area contributed by atoms with Gasteiger partial charge in [0.15, 0.2) is 11.4 Å². The van der Waals surface area contributed by atoms with E-state index in [0.717, 1.165) is 19.4 Å². The molecule has 9 heteroatoms. The third-order valence-corrected chi connectivity index (χ3v) is 5.92. The molecule has 1 aliphatic rings. The molecule has 0 spiro atoms. The van der Waals surface area contributed by atoms with Gasteiger partial charge in [0, 0.05) is 20.2 Å². The Kier molecular flexibility index (Phi) is 5.85. The lowest BCUT2D eigenvalue weighted by molar-refractivity contribution is 0.0858. The van der Waals surface area contributed by atoms with Crippen LogP contribution >= 0.6 is 0 Å². The van der Waals surface area contributed by atoms with Crippen molar-refractivity contribution in [3.05, 3.63) is 65.5 Å². The second kappa shape index (κ2) is 9.11. The number of hydrogen-bond donors (Lipinski definition) is 2. The first kappa shape index (κ1) is 21.8. The molecule has 0 bridgehead atoms. The van der Waals surface area contributed by atoms with Gasteiger partial charge in [0.25, 0.3) is 11.8 Å². The largest absolute Gasteiger partial charge is 0.463 e. The monoisotopic (exact) mass is 459 g/mol. The number of anilines is 1. The number of amides is 2. The summed E-state index contributed by atoms with van der Waals surface area (Å²) in [5.41, 5.74) is 2.98. The molecule has 2 amide bonds. The highest BCUT2D eigenvalue weighted by Gasteiger charge is 2.22. The molecular weight excluding hydrogens is 434 g/mol. The number of ether oxygens (including phenoxy) is 1. The second-order valence-corrected chi connectivity index (χ2v) is 8.28. The molecular formula is C25H25N5O4. The van der Waals surface area contributed by atoms with Gasteiger partial charge in [0.2, 0.25) is 0 Å². The topological polar surface area (TPSA) is 111 Å². The molecule has 1 atom stereocenters. The Morgan fingerprint density at radius 3 is 2.76 bits per heavy atom. The van der Waals surface area contributed by atoms with Crippen LogP contribution in [0.4, 0.5) is 5.69 Å². The van der Waals surface area contributed by atoms with Crippen molar-refractivity contribution in [1.29, 1.82) is 0 Å². The van der Waals surface area contributed by atoms with Gasteiger partial charge in [0.1, 0.15) is 5.69 Å². The molecule has 2 N–H and O–H groups in total. The van der Waals surface area contributed by atoms with Gasteiger partial charge in [-0.25, -0.2) is 4.98 Å². The van der Waals surface area contributed by atoms with Crippen molar-refractivity contribution in [1.82, 2.24) is 20.1 Å². The van der Waals surface area contributed by atoms with Crippen LogP contribution in [0.15, 0.2) is 53.1 Å². The predicted molar refractivity (Wildman–Crippen MR) is 127 cm³/mol. The molecule has 4 aromatic rings. The van der Waals surface area contributed by atoms with Gasteiger partial charge < -0.3 is 19.8 Å². The molecule has 4 heterocycles. The van der Waals surface area contributed by atoms with Crippen LogP contribution in [-0.4, -0.2) is 45.8 Å². The highest BCUT2D eigenvalue weighted by molar-refractivity contribution is 6.15. The summed E-state index contributed by atoms with van der Waals surface area (Å²) in [7, 11) is 1.78. The molecule has 174 valence electrons. The van der Waals surface area contributed by atoms with Crippen LogP contribution in [0.25, 0.3) is 22.5 Å². The summed E-state index contributed by atoms with van der Waals surface area (Å²) >= 11 is 0. The Morgan fingerprint density at radius 2 is 2.00 bits per heavy atom. The molecule has 1 aliphatic heterocycles. The first-order chi connectivity index (χ1) is 16.5. The van der Waals surface area contributed by atoms with Crippen molar-refractivity contribution in [3.63, 3.8) is 0 Å². The molecule has 0 saturated carbocycles. The fourth-order valence-corrected chi connectivity index (χ4v) is 4.26. The van der Waals surface area contributed by atoms with Gasteiger partial charge in [0.05, 0.1) is 40.3 Å². The number of fused-ring (bicyclic) bond motifs is 1. The summed E-state index contributed by atoms with van der Waals surface area (Å²) in [4.78, 5) is 31.0. The van der Waals surface area contributed by atoms with Gasteiger partial charge >= 0.3 is 0 Å². The van der Waals surface area contributed by atoms with E-state index in [4.69, 9.17) is 9.15 Å². The third-order valence-electron chi connectivity index (χ3n) is 5.92. The van der Waals surface area contributed by atoms with Gasteiger partial charge in [-0.15, -0.1) is 0 Å². The van der Waals surface area contributed by atoms with E-state index in [1.807, 2.05) is 6.92 Å². The predicted octanol–water partition coefficient (Wildman–Crippen LogP) is 3.70. The fourth-order valence-electron chi connectivity index (χ4n) is 4.26. The molecule has 1 fully saturated rings. The smallest absolute Gasteiger partial charge is 0.256 e. The zero-order chi connectivity index (χ0) is 23.7. The summed E-state index contributed by atoms with van der Waals surface area (Å²) in [6.07, 6.45) is 3.52. The van der Waals surface area contributed by atoms with Crippen molar-refractivity contribution < 1.29 is 18.7 Å². The number of rotatable bonds is 6. The van der Waals surface area contributed by atoms with E-state index in [-0.39, 0.29) is 17.9 Å². The van der Waals surface area contributed by atoms with Crippen LogP contribution in [0.2, 0.25) is 0 Å². The van der Waals surface area contributed by atoms with Crippen molar-refractivity contribution in [2.45, 2.75) is 25.9 Å². The lowest BCUT2D eigenvalue weighted by Gasteiger charge is -2.14. The summed E-state index contributed by atoms with van der Waals surface area (Å²) in [6, 6.07) is 12.2. The number of carbonyl (C=O) groups excluding carboxylic acids is 2. The highest BCUT2D eigenvalue weighted by Crippen LogP contribution is 2.28. The number of hydrogen-bond acceptors (Lipinski definition) is 6. The van der Waals surface area contributed by atoms with Gasteiger partial charge in [-0.05, 0) is 50.1 Å². The molecule has 34 heavy (non-hydrogen) atoms. The van der Waals surface area contributed by atoms with E-state index in [1.54, 1.807) is 60.5 Å². The van der Waals surface area contributed by atoms with E-state index >= 15 is 0 Å². The number of aryl methyl sites for hydroxylation is 2. The summed E-state index contributed by atoms with van der Waals surface area (Å²) in [5.74, 6) is -0.0838. The van der Waals surface area contributed by atoms with Crippen LogP contribution < -0.4 is 10.6 Å². The van der Waals surface area contributed by atoms with Crippen LogP contribution in [0.5, 0.6) is 0 Å². The molecule has 5 rings (SSSR count). The lowest BCUT2D eigenvalue weighted by atomic mass is 10.1. The quantitative estimate of drug-likeness (QED) is 0.455. The fraction of sp³-hybridized carbons (Fsp3) is 0.280. The number of nitrogens with one attached hydrogen (secondary N) is 2. The van der Waals surface area contributed by atoms with Crippen LogP contribution in [0, 0.1) is 6.92 Å². The minimum Gasteiger partial charge on any atom is -0.463 e. The third kappa shape index (κ3) is 4.17. The van der Waals surface area contributed by atoms with Gasteiger partial charge in [-0.2, -0.15) is 5.10 Å². The van der Waals surface area contributed by atoms with E-state index in [0.29, 0.717) is 51.5 Å². The average molecular weight is 460 g/mol. The van der Waals surface area contributed by atoms with E-state index in [2.05, 4.69) is 20.7 Å².